The minimum atomic E-state index is -2.79. The van der Waals surface area contributed by atoms with E-state index in [2.05, 4.69) is 5.10 Å². The number of alkyl halides is 2. The second-order valence-corrected chi connectivity index (χ2v) is 6.84. The number of allylic oxidation sites excluding steroid dienone is 2. The van der Waals surface area contributed by atoms with E-state index in [0.717, 1.165) is 6.20 Å². The van der Waals surface area contributed by atoms with Crippen molar-refractivity contribution in [2.45, 2.75) is 33.2 Å². The first-order valence-electron chi connectivity index (χ1n) is 7.91. The molecule has 1 aromatic heterocycles. The lowest BCUT2D eigenvalue weighted by Gasteiger charge is -2.32. The number of halogens is 2. The lowest BCUT2D eigenvalue weighted by atomic mass is 9.71. The van der Waals surface area contributed by atoms with Gasteiger partial charge in [-0.15, -0.1) is 0 Å². The molecular weight excluding hydrogens is 330 g/mol. The van der Waals surface area contributed by atoms with Crippen molar-refractivity contribution in [3.63, 3.8) is 0 Å². The second-order valence-electron chi connectivity index (χ2n) is 6.84. The van der Waals surface area contributed by atoms with E-state index in [0.29, 0.717) is 24.1 Å². The third-order valence-corrected chi connectivity index (χ3v) is 4.36. The first kappa shape index (κ1) is 18.8. The van der Waals surface area contributed by atoms with Crippen LogP contribution in [0.3, 0.4) is 0 Å². The van der Waals surface area contributed by atoms with Crippen LogP contribution in [0.15, 0.2) is 23.9 Å². The van der Waals surface area contributed by atoms with Crippen molar-refractivity contribution >= 4 is 11.7 Å². The largest absolute Gasteiger partial charge is 0.340 e. The average Bonchev–Trinajstić information content (AvgIpc) is 3.04. The quantitative estimate of drug-likeness (QED) is 0.818. The highest BCUT2D eigenvalue weighted by atomic mass is 19.3. The van der Waals surface area contributed by atoms with E-state index < -0.39 is 17.9 Å². The Morgan fingerprint density at radius 2 is 2.24 bits per heavy atom. The van der Waals surface area contributed by atoms with Crippen LogP contribution >= 0.6 is 0 Å². The number of carbonyl (C=O) groups excluding carboxylic acids is 2. The number of nitrogens with zero attached hydrogens (tertiary/aromatic N) is 4. The van der Waals surface area contributed by atoms with Gasteiger partial charge in [-0.2, -0.15) is 19.1 Å². The summed E-state index contributed by atoms with van der Waals surface area (Å²) in [5, 5.41) is 12.7. The summed E-state index contributed by atoms with van der Waals surface area (Å²) >= 11 is 0. The normalized spacial score (nSPS) is 19.5. The molecule has 0 saturated carbocycles. The summed E-state index contributed by atoms with van der Waals surface area (Å²) in [5.74, 6) is -0.612. The molecule has 0 N–H and O–H groups in total. The third-order valence-electron chi connectivity index (χ3n) is 4.36. The molecule has 0 fully saturated rings. The Balaban J connectivity index is 2.00. The van der Waals surface area contributed by atoms with Gasteiger partial charge < -0.3 is 4.90 Å². The third kappa shape index (κ3) is 4.10. The van der Waals surface area contributed by atoms with Gasteiger partial charge in [0.2, 0.25) is 0 Å². The molecule has 0 saturated heterocycles. The highest BCUT2D eigenvalue weighted by Crippen LogP contribution is 2.36. The fourth-order valence-electron chi connectivity index (χ4n) is 2.97. The second kappa shape index (κ2) is 7.13. The Kier molecular flexibility index (Phi) is 5.36. The summed E-state index contributed by atoms with van der Waals surface area (Å²) in [6.07, 6.45) is 3.89. The lowest BCUT2D eigenvalue weighted by Crippen LogP contribution is -2.34. The van der Waals surface area contributed by atoms with Gasteiger partial charge in [0.1, 0.15) is 6.07 Å². The van der Waals surface area contributed by atoms with Gasteiger partial charge in [0.05, 0.1) is 5.57 Å². The molecule has 1 atom stereocenters. The lowest BCUT2D eigenvalue weighted by molar-refractivity contribution is -0.124. The number of aromatic nitrogens is 2. The van der Waals surface area contributed by atoms with Gasteiger partial charge in [-0.1, -0.05) is 19.9 Å². The molecule has 1 aromatic rings. The van der Waals surface area contributed by atoms with Gasteiger partial charge in [0.25, 0.3) is 5.91 Å². The predicted molar refractivity (Wildman–Crippen MR) is 85.6 cm³/mol. The van der Waals surface area contributed by atoms with Crippen molar-refractivity contribution in [1.82, 2.24) is 14.7 Å². The van der Waals surface area contributed by atoms with E-state index in [4.69, 9.17) is 5.26 Å². The molecule has 8 heteroatoms. The van der Waals surface area contributed by atoms with Gasteiger partial charge in [0, 0.05) is 25.2 Å². The topological polar surface area (TPSA) is 79.0 Å². The van der Waals surface area contributed by atoms with E-state index in [1.54, 1.807) is 27.0 Å². The fourth-order valence-corrected chi connectivity index (χ4v) is 2.97. The van der Waals surface area contributed by atoms with Crippen LogP contribution in [-0.2, 0) is 4.79 Å². The zero-order chi connectivity index (χ0) is 18.8. The highest BCUT2D eigenvalue weighted by molar-refractivity contribution is 6.03. The predicted octanol–water partition coefficient (Wildman–Crippen LogP) is 2.81. The van der Waals surface area contributed by atoms with Gasteiger partial charge in [-0.05, 0) is 24.8 Å². The first-order chi connectivity index (χ1) is 11.7. The SMILES string of the molecule is CN(CC[C@@H]1C=C(C#N)C(=O)C(C)(C)C1)C(=O)c1ccn(C(F)F)n1. The summed E-state index contributed by atoms with van der Waals surface area (Å²) in [5.41, 5.74) is -0.496. The molecule has 6 nitrogen and oxygen atoms in total. The standard InChI is InChI=1S/C17H20F2N4O2/c1-17(2)9-11(8-12(10-20)14(17)24)4-6-22(3)15(25)13-5-7-23(21-13)16(18)19/h5,7-8,11,16H,4,6,9H2,1-3H3/t11-/m1/s1. The van der Waals surface area contributed by atoms with Gasteiger partial charge in [0.15, 0.2) is 11.5 Å². The minimum absolute atomic E-state index is 0.00350. The highest BCUT2D eigenvalue weighted by Gasteiger charge is 2.36. The molecule has 1 heterocycles. The smallest absolute Gasteiger partial charge is 0.333 e. The Bertz CT molecular complexity index is 746. The first-order valence-corrected chi connectivity index (χ1v) is 7.91. The molecule has 0 aliphatic heterocycles. The number of ketones is 1. The fraction of sp³-hybridized carbons (Fsp3) is 0.529. The Morgan fingerprint density at radius 1 is 1.56 bits per heavy atom. The van der Waals surface area contributed by atoms with Crippen LogP contribution in [0.2, 0.25) is 0 Å². The van der Waals surface area contributed by atoms with Crippen molar-refractivity contribution < 1.29 is 18.4 Å². The number of rotatable bonds is 5. The monoisotopic (exact) mass is 350 g/mol. The van der Waals surface area contributed by atoms with Crippen LogP contribution in [0.25, 0.3) is 0 Å². The van der Waals surface area contributed by atoms with Crippen molar-refractivity contribution in [2.24, 2.45) is 11.3 Å². The molecule has 25 heavy (non-hydrogen) atoms. The van der Waals surface area contributed by atoms with Crippen molar-refractivity contribution in [3.8, 4) is 6.07 Å². The van der Waals surface area contributed by atoms with Gasteiger partial charge in [-0.25, -0.2) is 4.68 Å². The van der Waals surface area contributed by atoms with E-state index in [-0.39, 0.29) is 23.0 Å². The molecule has 2 rings (SSSR count). The number of carbonyl (C=O) groups is 2. The maximum Gasteiger partial charge on any atom is 0.333 e. The average molecular weight is 350 g/mol. The van der Waals surface area contributed by atoms with Crippen molar-refractivity contribution in [3.05, 3.63) is 29.6 Å². The molecule has 0 spiro atoms. The molecule has 0 bridgehead atoms. The van der Waals surface area contributed by atoms with Crippen LogP contribution in [0.4, 0.5) is 8.78 Å². The molecular formula is C17H20F2N4O2. The van der Waals surface area contributed by atoms with Gasteiger partial charge >= 0.3 is 6.55 Å². The van der Waals surface area contributed by atoms with E-state index >= 15 is 0 Å². The Hall–Kier alpha value is -2.56. The van der Waals surface area contributed by atoms with Gasteiger partial charge in [-0.3, -0.25) is 9.59 Å². The molecule has 1 aliphatic carbocycles. The van der Waals surface area contributed by atoms with Crippen LogP contribution in [0.1, 0.15) is 43.7 Å². The van der Waals surface area contributed by atoms with Crippen LogP contribution in [0.5, 0.6) is 0 Å². The van der Waals surface area contributed by atoms with Crippen molar-refractivity contribution in [2.75, 3.05) is 13.6 Å². The van der Waals surface area contributed by atoms with E-state index in [1.807, 2.05) is 6.07 Å². The Morgan fingerprint density at radius 3 is 2.80 bits per heavy atom. The molecule has 1 amide bonds. The number of amides is 1. The number of hydrogen-bond donors (Lipinski definition) is 0. The number of hydrogen-bond acceptors (Lipinski definition) is 4. The van der Waals surface area contributed by atoms with Crippen LogP contribution < -0.4 is 0 Å². The minimum Gasteiger partial charge on any atom is -0.340 e. The van der Waals surface area contributed by atoms with E-state index in [1.165, 1.54) is 11.0 Å². The Labute approximate surface area is 144 Å². The summed E-state index contributed by atoms with van der Waals surface area (Å²) in [6, 6.07) is 3.19. The molecule has 0 radical (unpaired) electrons. The molecule has 0 aromatic carbocycles. The summed E-state index contributed by atoms with van der Waals surface area (Å²) in [4.78, 5) is 25.7. The zero-order valence-corrected chi connectivity index (χ0v) is 14.4. The van der Waals surface area contributed by atoms with E-state index in [9.17, 15) is 18.4 Å². The number of nitriles is 1. The maximum absolute atomic E-state index is 12.5. The number of Topliss-reactive ketones (excluding diaryl/α,β-unsaturated/α-hetero) is 1. The summed E-state index contributed by atoms with van der Waals surface area (Å²) < 4.78 is 25.5. The van der Waals surface area contributed by atoms with Crippen LogP contribution in [0, 0.1) is 22.7 Å². The summed E-state index contributed by atoms with van der Waals surface area (Å²) in [7, 11) is 1.57. The van der Waals surface area contributed by atoms with Crippen LogP contribution in [-0.4, -0.2) is 40.0 Å². The molecule has 0 unspecified atom stereocenters. The zero-order valence-electron chi connectivity index (χ0n) is 14.4. The maximum atomic E-state index is 12.5. The summed E-state index contributed by atoms with van der Waals surface area (Å²) in [6.45, 7) is 1.19. The molecule has 134 valence electrons. The van der Waals surface area contributed by atoms with Crippen molar-refractivity contribution in [1.29, 1.82) is 5.26 Å². The molecule has 1 aliphatic rings.